The number of halogens is 1. The van der Waals surface area contributed by atoms with E-state index in [-0.39, 0.29) is 10.9 Å². The molecule has 5 nitrogen and oxygen atoms in total. The van der Waals surface area contributed by atoms with Crippen LogP contribution in [0.2, 0.25) is 5.02 Å². The van der Waals surface area contributed by atoms with Gasteiger partial charge in [0.1, 0.15) is 12.4 Å². The first-order valence-electron chi connectivity index (χ1n) is 8.61. The third-order valence-electron chi connectivity index (χ3n) is 3.95. The van der Waals surface area contributed by atoms with Crippen LogP contribution >= 0.6 is 11.6 Å². The number of rotatable bonds is 6. The van der Waals surface area contributed by atoms with Crippen molar-refractivity contribution >= 4 is 33.3 Å². The van der Waals surface area contributed by atoms with E-state index in [1.807, 2.05) is 43.3 Å². The number of aliphatic imine (C=N–C) groups is 1. The molecule has 0 aliphatic rings. The average molecular weight is 414 g/mol. The van der Waals surface area contributed by atoms with Crippen molar-refractivity contribution < 1.29 is 8.95 Å². The Morgan fingerprint density at radius 1 is 1.18 bits per heavy atom. The Bertz CT molecular complexity index is 1010. The van der Waals surface area contributed by atoms with Gasteiger partial charge >= 0.3 is 0 Å². The van der Waals surface area contributed by atoms with Crippen LogP contribution in [0.25, 0.3) is 0 Å². The molecule has 0 aliphatic heterocycles. The van der Waals surface area contributed by atoms with Crippen LogP contribution in [-0.4, -0.2) is 14.4 Å². The molecule has 3 aromatic rings. The highest BCUT2D eigenvalue weighted by Crippen LogP contribution is 2.23. The molecule has 1 aromatic heterocycles. The molecule has 0 amide bonds. The van der Waals surface area contributed by atoms with E-state index in [4.69, 9.17) is 22.1 Å². The zero-order chi connectivity index (χ0) is 19.9. The molecule has 0 saturated heterocycles. The van der Waals surface area contributed by atoms with E-state index in [1.165, 1.54) is 0 Å². The minimum Gasteiger partial charge on any atom is -0.489 e. The first kappa shape index (κ1) is 20.0. The van der Waals surface area contributed by atoms with Gasteiger partial charge < -0.3 is 10.5 Å². The van der Waals surface area contributed by atoms with Crippen molar-refractivity contribution in [1.29, 1.82) is 0 Å². The second-order valence-corrected chi connectivity index (χ2v) is 7.96. The number of nitrogens with zero attached hydrogens (tertiary/aromatic N) is 2. The van der Waals surface area contributed by atoms with Gasteiger partial charge in [0.25, 0.3) is 0 Å². The summed E-state index contributed by atoms with van der Waals surface area (Å²) in [6, 6.07) is 18.7. The predicted octanol–water partition coefficient (Wildman–Crippen LogP) is 4.52. The van der Waals surface area contributed by atoms with Crippen molar-refractivity contribution in [3.8, 4) is 5.75 Å². The van der Waals surface area contributed by atoms with Gasteiger partial charge in [0.15, 0.2) is 5.17 Å². The van der Waals surface area contributed by atoms with Crippen LogP contribution in [0.4, 0.5) is 5.69 Å². The van der Waals surface area contributed by atoms with Gasteiger partial charge in [-0.25, -0.2) is 4.99 Å². The van der Waals surface area contributed by atoms with Crippen LogP contribution in [0.3, 0.4) is 0 Å². The summed E-state index contributed by atoms with van der Waals surface area (Å²) in [6.07, 6.45) is 1.63. The highest BCUT2D eigenvalue weighted by atomic mass is 35.5. The van der Waals surface area contributed by atoms with Crippen molar-refractivity contribution in [2.45, 2.75) is 19.3 Å². The number of ether oxygens (including phenoxy) is 1. The fourth-order valence-corrected chi connectivity index (χ4v) is 3.39. The van der Waals surface area contributed by atoms with Crippen molar-refractivity contribution in [3.63, 3.8) is 0 Å². The highest BCUT2D eigenvalue weighted by molar-refractivity contribution is 7.99. The molecule has 2 aromatic carbocycles. The molecule has 28 heavy (non-hydrogen) atoms. The Morgan fingerprint density at radius 3 is 2.75 bits per heavy atom. The Balaban J connectivity index is 1.66. The first-order valence-corrected chi connectivity index (χ1v) is 10.3. The SMILES string of the molecule is Cc1ccc(Cl)cc1N=C(N)S(=O)Cc1cc(OCc2ccccc2)ccn1. The molecule has 1 unspecified atom stereocenters. The first-order chi connectivity index (χ1) is 13.5. The normalized spacial score (nSPS) is 12.6. The summed E-state index contributed by atoms with van der Waals surface area (Å²) in [4.78, 5) is 8.52. The molecule has 1 atom stereocenters. The standard InChI is InChI=1S/C21H20ClN3O2S/c1-15-7-8-17(22)11-20(15)25-21(23)28(26)14-18-12-19(9-10-24-18)27-13-16-5-3-2-4-6-16/h2-12H,13-14H2,1H3,(H2,23,25). The van der Waals surface area contributed by atoms with E-state index < -0.39 is 10.8 Å². The Hall–Kier alpha value is -2.70. The van der Waals surface area contributed by atoms with E-state index in [9.17, 15) is 4.21 Å². The molecular formula is C21H20ClN3O2S. The van der Waals surface area contributed by atoms with Crippen LogP contribution in [0.1, 0.15) is 16.8 Å². The molecule has 7 heteroatoms. The minimum absolute atomic E-state index is 0.0303. The van der Waals surface area contributed by atoms with Crippen LogP contribution in [0, 0.1) is 6.92 Å². The van der Waals surface area contributed by atoms with Crippen molar-refractivity contribution in [1.82, 2.24) is 4.98 Å². The lowest BCUT2D eigenvalue weighted by atomic mass is 10.2. The third kappa shape index (κ3) is 5.65. The summed E-state index contributed by atoms with van der Waals surface area (Å²) in [5, 5.41) is 0.579. The van der Waals surface area contributed by atoms with Gasteiger partial charge in [-0.2, -0.15) is 0 Å². The zero-order valence-electron chi connectivity index (χ0n) is 15.3. The van der Waals surface area contributed by atoms with Crippen LogP contribution in [0.15, 0.2) is 71.9 Å². The Kier molecular flexibility index (Phi) is 6.79. The van der Waals surface area contributed by atoms with Gasteiger partial charge in [-0.1, -0.05) is 48.0 Å². The summed E-state index contributed by atoms with van der Waals surface area (Å²) >= 11 is 5.99. The smallest absolute Gasteiger partial charge is 0.190 e. The summed E-state index contributed by atoms with van der Waals surface area (Å²) < 4.78 is 18.3. The van der Waals surface area contributed by atoms with E-state index in [0.29, 0.717) is 28.8 Å². The summed E-state index contributed by atoms with van der Waals surface area (Å²) in [7, 11) is -1.51. The van der Waals surface area contributed by atoms with Gasteiger partial charge in [-0.15, -0.1) is 0 Å². The average Bonchev–Trinajstić information content (AvgIpc) is 2.70. The molecular weight excluding hydrogens is 394 g/mol. The van der Waals surface area contributed by atoms with Gasteiger partial charge in [-0.05, 0) is 36.2 Å². The maximum atomic E-state index is 12.5. The van der Waals surface area contributed by atoms with Gasteiger partial charge in [-0.3, -0.25) is 9.19 Å². The number of benzene rings is 2. The van der Waals surface area contributed by atoms with Crippen molar-refractivity contribution in [3.05, 3.63) is 88.7 Å². The number of pyridine rings is 1. The molecule has 144 valence electrons. The number of aryl methyl sites for hydroxylation is 1. The molecule has 0 saturated carbocycles. The molecule has 0 bridgehead atoms. The van der Waals surface area contributed by atoms with E-state index >= 15 is 0 Å². The molecule has 1 heterocycles. The minimum atomic E-state index is -1.51. The lowest BCUT2D eigenvalue weighted by molar-refractivity contribution is 0.305. The molecule has 0 fully saturated rings. The largest absolute Gasteiger partial charge is 0.489 e. The fourth-order valence-electron chi connectivity index (χ4n) is 2.45. The van der Waals surface area contributed by atoms with Crippen molar-refractivity contribution in [2.75, 3.05) is 0 Å². The van der Waals surface area contributed by atoms with Crippen molar-refractivity contribution in [2.24, 2.45) is 10.7 Å². The maximum Gasteiger partial charge on any atom is 0.190 e. The third-order valence-corrected chi connectivity index (χ3v) is 5.30. The van der Waals surface area contributed by atoms with E-state index in [0.717, 1.165) is 11.1 Å². The van der Waals surface area contributed by atoms with E-state index in [2.05, 4.69) is 9.98 Å². The monoisotopic (exact) mass is 413 g/mol. The predicted molar refractivity (Wildman–Crippen MR) is 114 cm³/mol. The van der Waals surface area contributed by atoms with Crippen LogP contribution in [0.5, 0.6) is 5.75 Å². The molecule has 0 radical (unpaired) electrons. The number of hydrogen-bond donors (Lipinski definition) is 1. The Labute approximate surface area is 171 Å². The van der Waals surface area contributed by atoms with Crippen LogP contribution < -0.4 is 10.5 Å². The fraction of sp³-hybridized carbons (Fsp3) is 0.143. The number of nitrogens with two attached hydrogens (primary N) is 1. The van der Waals surface area contributed by atoms with E-state index in [1.54, 1.807) is 30.5 Å². The topological polar surface area (TPSA) is 77.6 Å². The summed E-state index contributed by atoms with van der Waals surface area (Å²) in [5.74, 6) is 0.810. The number of hydrogen-bond acceptors (Lipinski definition) is 4. The number of amidine groups is 1. The highest BCUT2D eigenvalue weighted by Gasteiger charge is 2.10. The Morgan fingerprint density at radius 2 is 1.96 bits per heavy atom. The quantitative estimate of drug-likeness (QED) is 0.476. The van der Waals surface area contributed by atoms with Gasteiger partial charge in [0.05, 0.1) is 27.9 Å². The lowest BCUT2D eigenvalue weighted by Gasteiger charge is -2.08. The molecule has 2 N–H and O–H groups in total. The molecule has 0 aliphatic carbocycles. The maximum absolute atomic E-state index is 12.5. The summed E-state index contributed by atoms with van der Waals surface area (Å²) in [6.45, 7) is 2.34. The zero-order valence-corrected chi connectivity index (χ0v) is 16.9. The van der Waals surface area contributed by atoms with Gasteiger partial charge in [0.2, 0.25) is 0 Å². The number of aromatic nitrogens is 1. The second kappa shape index (κ2) is 9.48. The molecule has 0 spiro atoms. The lowest BCUT2D eigenvalue weighted by Crippen LogP contribution is -2.20. The molecule has 3 rings (SSSR count). The summed E-state index contributed by atoms with van der Waals surface area (Å²) in [5.41, 5.74) is 9.12. The van der Waals surface area contributed by atoms with Gasteiger partial charge in [0, 0.05) is 17.3 Å². The van der Waals surface area contributed by atoms with Crippen LogP contribution in [-0.2, 0) is 23.2 Å². The second-order valence-electron chi connectivity index (χ2n) is 6.13.